The van der Waals surface area contributed by atoms with Gasteiger partial charge < -0.3 is 21.5 Å². The summed E-state index contributed by atoms with van der Waals surface area (Å²) in [6.45, 7) is 3.41. The number of nitrogens with one attached hydrogen (secondary N) is 2. The normalized spacial score (nSPS) is 10.8. The van der Waals surface area contributed by atoms with E-state index in [4.69, 9.17) is 5.73 Å². The number of nitrogens with two attached hydrogens (primary N) is 1. The maximum atomic E-state index is 12.1. The zero-order chi connectivity index (χ0) is 16.0. The van der Waals surface area contributed by atoms with E-state index in [1.807, 2.05) is 0 Å². The van der Waals surface area contributed by atoms with Gasteiger partial charge >= 0.3 is 12.0 Å². The lowest BCUT2D eigenvalue weighted by molar-refractivity contribution is -0.144. The molecule has 7 heteroatoms. The molecule has 0 aromatic heterocycles. The standard InChI is InChI=1S/C14H19N3O4/c1-3-14(4-2,12(19)20)17-11(18)9-5-7-10(8-6-9)16-13(15)21/h5-8H,3-4H2,1-2H3,(H,17,18)(H,19,20)(H3,15,16,21). The molecule has 1 rings (SSSR count). The topological polar surface area (TPSA) is 122 Å². The number of aliphatic carboxylic acids is 1. The Morgan fingerprint density at radius 3 is 2.05 bits per heavy atom. The number of rotatable bonds is 6. The minimum absolute atomic E-state index is 0.284. The average Bonchev–Trinajstić information content (AvgIpc) is 2.44. The van der Waals surface area contributed by atoms with Crippen molar-refractivity contribution in [3.05, 3.63) is 29.8 Å². The largest absolute Gasteiger partial charge is 0.480 e. The van der Waals surface area contributed by atoms with Crippen molar-refractivity contribution >= 4 is 23.6 Å². The Bertz CT molecular complexity index is 536. The summed E-state index contributed by atoms with van der Waals surface area (Å²) in [5, 5.41) is 14.2. The zero-order valence-electron chi connectivity index (χ0n) is 12.0. The summed E-state index contributed by atoms with van der Waals surface area (Å²) in [5.74, 6) is -1.54. The molecule has 7 nitrogen and oxygen atoms in total. The first kappa shape index (κ1) is 16.5. The summed E-state index contributed by atoms with van der Waals surface area (Å²) in [6.07, 6.45) is 0.567. The van der Waals surface area contributed by atoms with Gasteiger partial charge in [-0.15, -0.1) is 0 Å². The number of carbonyl (C=O) groups is 3. The lowest BCUT2D eigenvalue weighted by Crippen LogP contribution is -2.53. The Balaban J connectivity index is 2.88. The molecule has 0 radical (unpaired) electrons. The highest BCUT2D eigenvalue weighted by molar-refractivity contribution is 5.98. The molecule has 21 heavy (non-hydrogen) atoms. The van der Waals surface area contributed by atoms with Gasteiger partial charge in [-0.2, -0.15) is 0 Å². The highest BCUT2D eigenvalue weighted by Gasteiger charge is 2.36. The summed E-state index contributed by atoms with van der Waals surface area (Å²) in [6, 6.07) is 5.30. The summed E-state index contributed by atoms with van der Waals surface area (Å²) in [4.78, 5) is 34.2. The summed E-state index contributed by atoms with van der Waals surface area (Å²) in [7, 11) is 0. The molecular weight excluding hydrogens is 274 g/mol. The monoisotopic (exact) mass is 293 g/mol. The molecule has 3 amide bonds. The number of hydrogen-bond donors (Lipinski definition) is 4. The van der Waals surface area contributed by atoms with Crippen molar-refractivity contribution in [3.8, 4) is 0 Å². The van der Waals surface area contributed by atoms with Gasteiger partial charge in [0, 0.05) is 11.3 Å². The van der Waals surface area contributed by atoms with Crippen LogP contribution in [-0.2, 0) is 4.79 Å². The Labute approximate surface area is 122 Å². The first-order valence-corrected chi connectivity index (χ1v) is 6.57. The van der Waals surface area contributed by atoms with Gasteiger partial charge in [0.25, 0.3) is 5.91 Å². The van der Waals surface area contributed by atoms with Crippen molar-refractivity contribution in [2.75, 3.05) is 5.32 Å². The van der Waals surface area contributed by atoms with Crippen LogP contribution in [0, 0.1) is 0 Å². The second-order valence-electron chi connectivity index (χ2n) is 4.62. The van der Waals surface area contributed by atoms with Crippen LogP contribution in [0.15, 0.2) is 24.3 Å². The highest BCUT2D eigenvalue weighted by Crippen LogP contribution is 2.17. The van der Waals surface area contributed by atoms with Crippen LogP contribution in [0.25, 0.3) is 0 Å². The molecule has 0 atom stereocenters. The molecule has 0 saturated heterocycles. The third kappa shape index (κ3) is 3.95. The second-order valence-corrected chi connectivity index (χ2v) is 4.62. The van der Waals surface area contributed by atoms with Crippen LogP contribution in [0.5, 0.6) is 0 Å². The fraction of sp³-hybridized carbons (Fsp3) is 0.357. The Hall–Kier alpha value is -2.57. The molecule has 0 aliphatic rings. The predicted molar refractivity (Wildman–Crippen MR) is 78.1 cm³/mol. The van der Waals surface area contributed by atoms with Crippen molar-refractivity contribution in [1.29, 1.82) is 0 Å². The number of hydrogen-bond acceptors (Lipinski definition) is 3. The van der Waals surface area contributed by atoms with Gasteiger partial charge in [0.2, 0.25) is 0 Å². The molecule has 1 aromatic rings. The zero-order valence-corrected chi connectivity index (χ0v) is 12.0. The summed E-state index contributed by atoms with van der Waals surface area (Å²) < 4.78 is 0. The van der Waals surface area contributed by atoms with Crippen LogP contribution in [0.2, 0.25) is 0 Å². The van der Waals surface area contributed by atoms with E-state index in [0.717, 1.165) is 0 Å². The molecule has 0 aliphatic heterocycles. The van der Waals surface area contributed by atoms with Gasteiger partial charge in [-0.25, -0.2) is 9.59 Å². The number of carboxylic acids is 1. The molecule has 114 valence electrons. The molecule has 5 N–H and O–H groups in total. The van der Waals surface area contributed by atoms with Crippen LogP contribution in [-0.4, -0.2) is 28.6 Å². The Morgan fingerprint density at radius 2 is 1.67 bits per heavy atom. The van der Waals surface area contributed by atoms with Crippen molar-refractivity contribution < 1.29 is 19.5 Å². The minimum Gasteiger partial charge on any atom is -0.480 e. The molecule has 1 aromatic carbocycles. The Kier molecular flexibility index (Phi) is 5.29. The molecule has 0 fully saturated rings. The van der Waals surface area contributed by atoms with E-state index in [1.165, 1.54) is 24.3 Å². The number of carboxylic acid groups (broad SMARTS) is 1. The van der Waals surface area contributed by atoms with E-state index >= 15 is 0 Å². The number of carbonyl (C=O) groups excluding carboxylic acids is 2. The maximum Gasteiger partial charge on any atom is 0.329 e. The summed E-state index contributed by atoms with van der Waals surface area (Å²) in [5.41, 5.74) is 4.46. The molecule has 0 heterocycles. The molecule has 0 unspecified atom stereocenters. The fourth-order valence-electron chi connectivity index (χ4n) is 1.92. The van der Waals surface area contributed by atoms with E-state index < -0.39 is 23.4 Å². The molecule has 0 aliphatic carbocycles. The second kappa shape index (κ2) is 6.74. The van der Waals surface area contributed by atoms with E-state index in [9.17, 15) is 19.5 Å². The van der Waals surface area contributed by atoms with Crippen LogP contribution in [0.4, 0.5) is 10.5 Å². The SMILES string of the molecule is CCC(CC)(NC(=O)c1ccc(NC(N)=O)cc1)C(=O)O. The maximum absolute atomic E-state index is 12.1. The number of anilines is 1. The lowest BCUT2D eigenvalue weighted by atomic mass is 9.92. The number of urea groups is 1. The van der Waals surface area contributed by atoms with Crippen LogP contribution >= 0.6 is 0 Å². The first-order valence-electron chi connectivity index (χ1n) is 6.57. The van der Waals surface area contributed by atoms with E-state index in [2.05, 4.69) is 10.6 Å². The summed E-state index contributed by atoms with van der Waals surface area (Å²) >= 11 is 0. The van der Waals surface area contributed by atoms with E-state index in [0.29, 0.717) is 11.3 Å². The van der Waals surface area contributed by atoms with Crippen LogP contribution in [0.3, 0.4) is 0 Å². The number of benzene rings is 1. The highest BCUT2D eigenvalue weighted by atomic mass is 16.4. The fourth-order valence-corrected chi connectivity index (χ4v) is 1.92. The quantitative estimate of drug-likeness (QED) is 0.635. The lowest BCUT2D eigenvalue weighted by Gasteiger charge is -2.28. The van der Waals surface area contributed by atoms with Crippen molar-refractivity contribution in [3.63, 3.8) is 0 Å². The van der Waals surface area contributed by atoms with Gasteiger partial charge in [-0.3, -0.25) is 4.79 Å². The average molecular weight is 293 g/mol. The van der Waals surface area contributed by atoms with Gasteiger partial charge in [0.05, 0.1) is 0 Å². The minimum atomic E-state index is -1.28. The molecule has 0 spiro atoms. The molecule has 0 bridgehead atoms. The third-order valence-electron chi connectivity index (χ3n) is 3.38. The van der Waals surface area contributed by atoms with Gasteiger partial charge in [0.1, 0.15) is 5.54 Å². The van der Waals surface area contributed by atoms with Gasteiger partial charge in [-0.05, 0) is 37.1 Å². The number of primary amides is 1. The predicted octanol–water partition coefficient (Wildman–Crippen LogP) is 1.55. The van der Waals surface area contributed by atoms with Gasteiger partial charge in [0.15, 0.2) is 0 Å². The third-order valence-corrected chi connectivity index (χ3v) is 3.38. The van der Waals surface area contributed by atoms with Gasteiger partial charge in [-0.1, -0.05) is 13.8 Å². The number of amides is 3. The molecular formula is C14H19N3O4. The van der Waals surface area contributed by atoms with E-state index in [1.54, 1.807) is 13.8 Å². The first-order chi connectivity index (χ1) is 9.84. The molecule has 0 saturated carbocycles. The van der Waals surface area contributed by atoms with Crippen molar-refractivity contribution in [1.82, 2.24) is 5.32 Å². The van der Waals surface area contributed by atoms with Crippen molar-refractivity contribution in [2.45, 2.75) is 32.2 Å². The van der Waals surface area contributed by atoms with Crippen molar-refractivity contribution in [2.24, 2.45) is 5.73 Å². The van der Waals surface area contributed by atoms with Crippen LogP contribution in [0.1, 0.15) is 37.0 Å². The Morgan fingerprint density at radius 1 is 1.14 bits per heavy atom. The smallest absolute Gasteiger partial charge is 0.329 e. The van der Waals surface area contributed by atoms with E-state index in [-0.39, 0.29) is 12.8 Å². The van der Waals surface area contributed by atoms with Crippen LogP contribution < -0.4 is 16.4 Å².